The fraction of sp³-hybridized carbons (Fsp3) is 0.533. The molecule has 2 aliphatic heterocycles. The molecule has 0 spiro atoms. The highest BCUT2D eigenvalue weighted by Gasteiger charge is 2.40. The summed E-state index contributed by atoms with van der Waals surface area (Å²) in [6, 6.07) is 4.94. The average Bonchev–Trinajstić information content (AvgIpc) is 2.98. The van der Waals surface area contributed by atoms with Crippen molar-refractivity contribution in [3.63, 3.8) is 0 Å². The number of Topliss-reactive ketones (excluding diaryl/α,β-unsaturated/α-hetero) is 1. The van der Waals surface area contributed by atoms with Crippen molar-refractivity contribution < 1.29 is 4.79 Å². The predicted octanol–water partition coefficient (Wildman–Crippen LogP) is 1.78. The molecule has 0 aliphatic carbocycles. The third-order valence-electron chi connectivity index (χ3n) is 5.04. The topological polar surface area (TPSA) is 50.5 Å². The highest BCUT2D eigenvalue weighted by molar-refractivity contribution is 5.98. The van der Waals surface area contributed by atoms with Gasteiger partial charge in [0.05, 0.1) is 0 Å². The molecule has 0 saturated carbocycles. The van der Waals surface area contributed by atoms with Crippen LogP contribution < -0.4 is 0 Å². The number of ketones is 1. The van der Waals surface area contributed by atoms with Gasteiger partial charge in [-0.05, 0) is 44.9 Å². The first-order chi connectivity index (χ1) is 9.72. The molecule has 2 fully saturated rings. The van der Waals surface area contributed by atoms with Crippen LogP contribution in [0.15, 0.2) is 24.7 Å². The van der Waals surface area contributed by atoms with E-state index in [9.17, 15) is 4.79 Å². The van der Waals surface area contributed by atoms with Gasteiger partial charge in [-0.2, -0.15) is 0 Å². The normalized spacial score (nSPS) is 29.9. The van der Waals surface area contributed by atoms with Crippen LogP contribution in [-0.2, 0) is 0 Å². The lowest BCUT2D eigenvalue weighted by molar-refractivity contribution is 0.0766. The molecule has 0 aromatic carbocycles. The van der Waals surface area contributed by atoms with Crippen molar-refractivity contribution in [1.82, 2.24) is 19.5 Å². The van der Waals surface area contributed by atoms with Crippen LogP contribution in [0.3, 0.4) is 0 Å². The molecule has 2 saturated heterocycles. The Balaban J connectivity index is 1.60. The molecule has 2 unspecified atom stereocenters. The second kappa shape index (κ2) is 4.38. The molecular weight excluding hydrogens is 252 g/mol. The van der Waals surface area contributed by atoms with Crippen molar-refractivity contribution in [2.45, 2.75) is 37.8 Å². The molecular formula is C15H18N4O. The summed E-state index contributed by atoms with van der Waals surface area (Å²) in [6.45, 7) is 0. The third-order valence-corrected chi connectivity index (χ3v) is 5.04. The number of aromatic nitrogens is 3. The van der Waals surface area contributed by atoms with Crippen LogP contribution in [0.4, 0.5) is 0 Å². The highest BCUT2D eigenvalue weighted by atomic mass is 16.1. The first kappa shape index (κ1) is 12.0. The van der Waals surface area contributed by atoms with Crippen LogP contribution in [0.2, 0.25) is 0 Å². The minimum absolute atomic E-state index is 0.178. The molecule has 0 radical (unpaired) electrons. The van der Waals surface area contributed by atoms with Crippen molar-refractivity contribution in [3.05, 3.63) is 30.2 Å². The first-order valence-electron chi connectivity index (χ1n) is 7.28. The van der Waals surface area contributed by atoms with Crippen molar-refractivity contribution in [3.8, 4) is 0 Å². The smallest absolute Gasteiger partial charge is 0.167 e. The Kier molecular flexibility index (Phi) is 2.63. The standard InChI is InChI=1S/C15H18N4O/c1-18-12-3-4-13(18)7-11(6-12)15(20)10-2-5-14-17-16-9-19(14)8-10/h2,5,8-9,11-13H,3-4,6-7H2,1H3. The van der Waals surface area contributed by atoms with Gasteiger partial charge >= 0.3 is 0 Å². The number of carbonyl (C=O) groups is 1. The molecule has 5 heteroatoms. The van der Waals surface area contributed by atoms with Gasteiger partial charge < -0.3 is 4.90 Å². The Hall–Kier alpha value is -1.75. The number of pyridine rings is 1. The molecule has 20 heavy (non-hydrogen) atoms. The van der Waals surface area contributed by atoms with Crippen LogP contribution in [0.1, 0.15) is 36.0 Å². The molecule has 2 aromatic heterocycles. The quantitative estimate of drug-likeness (QED) is 0.781. The maximum absolute atomic E-state index is 12.7. The Morgan fingerprint density at radius 3 is 2.75 bits per heavy atom. The average molecular weight is 270 g/mol. The van der Waals surface area contributed by atoms with Gasteiger partial charge in [0.15, 0.2) is 11.4 Å². The van der Waals surface area contributed by atoms with E-state index in [0.29, 0.717) is 12.1 Å². The van der Waals surface area contributed by atoms with Gasteiger partial charge in [0.2, 0.25) is 0 Å². The maximum Gasteiger partial charge on any atom is 0.167 e. The number of fused-ring (bicyclic) bond motifs is 3. The summed E-state index contributed by atoms with van der Waals surface area (Å²) >= 11 is 0. The lowest BCUT2D eigenvalue weighted by Gasteiger charge is -2.35. The molecule has 5 nitrogen and oxygen atoms in total. The van der Waals surface area contributed by atoms with Gasteiger partial charge in [0.25, 0.3) is 0 Å². The zero-order valence-corrected chi connectivity index (χ0v) is 11.6. The van der Waals surface area contributed by atoms with E-state index >= 15 is 0 Å². The van der Waals surface area contributed by atoms with Crippen LogP contribution in [0.25, 0.3) is 5.65 Å². The van der Waals surface area contributed by atoms with Gasteiger partial charge in [-0.25, -0.2) is 0 Å². The number of nitrogens with zero attached hydrogens (tertiary/aromatic N) is 4. The lowest BCUT2D eigenvalue weighted by Crippen LogP contribution is -2.42. The van der Waals surface area contributed by atoms with Gasteiger partial charge in [-0.1, -0.05) is 0 Å². The fourth-order valence-electron chi connectivity index (χ4n) is 3.83. The number of rotatable bonds is 2. The third kappa shape index (κ3) is 1.77. The van der Waals surface area contributed by atoms with E-state index in [1.807, 2.05) is 22.7 Å². The molecule has 2 aromatic rings. The zero-order valence-electron chi connectivity index (χ0n) is 11.6. The molecule has 2 bridgehead atoms. The van der Waals surface area contributed by atoms with E-state index in [0.717, 1.165) is 24.1 Å². The summed E-state index contributed by atoms with van der Waals surface area (Å²) < 4.78 is 1.82. The summed E-state index contributed by atoms with van der Waals surface area (Å²) in [7, 11) is 2.20. The fourth-order valence-corrected chi connectivity index (χ4v) is 3.83. The summed E-state index contributed by atoms with van der Waals surface area (Å²) in [6.07, 6.45) is 8.01. The first-order valence-corrected chi connectivity index (χ1v) is 7.28. The summed E-state index contributed by atoms with van der Waals surface area (Å²) in [5, 5.41) is 7.82. The maximum atomic E-state index is 12.7. The Bertz CT molecular complexity index is 651. The number of carbonyl (C=O) groups excluding carboxylic acids is 1. The van der Waals surface area contributed by atoms with Gasteiger partial charge in [0.1, 0.15) is 6.33 Å². The molecule has 2 aliphatic rings. The molecule has 4 heterocycles. The van der Waals surface area contributed by atoms with Gasteiger partial charge in [-0.15, -0.1) is 10.2 Å². The van der Waals surface area contributed by atoms with Crippen LogP contribution in [-0.4, -0.2) is 44.4 Å². The molecule has 0 amide bonds. The van der Waals surface area contributed by atoms with Crippen molar-refractivity contribution in [1.29, 1.82) is 0 Å². The minimum atomic E-state index is 0.178. The summed E-state index contributed by atoms with van der Waals surface area (Å²) in [5.74, 6) is 0.461. The van der Waals surface area contributed by atoms with E-state index < -0.39 is 0 Å². The van der Waals surface area contributed by atoms with E-state index in [4.69, 9.17) is 0 Å². The van der Waals surface area contributed by atoms with Crippen LogP contribution in [0.5, 0.6) is 0 Å². The van der Waals surface area contributed by atoms with E-state index in [2.05, 4.69) is 22.1 Å². The van der Waals surface area contributed by atoms with Gasteiger partial charge in [-0.3, -0.25) is 9.20 Å². The molecule has 2 atom stereocenters. The molecule has 4 rings (SSSR count). The summed E-state index contributed by atoms with van der Waals surface area (Å²) in [4.78, 5) is 15.2. The Morgan fingerprint density at radius 1 is 1.25 bits per heavy atom. The van der Waals surface area contributed by atoms with Crippen molar-refractivity contribution >= 4 is 11.4 Å². The SMILES string of the molecule is CN1C2CCC1CC(C(=O)c1ccc3nncn3c1)C2. The van der Waals surface area contributed by atoms with Gasteiger partial charge in [0, 0.05) is 29.8 Å². The second-order valence-electron chi connectivity index (χ2n) is 6.10. The van der Waals surface area contributed by atoms with E-state index in [1.54, 1.807) is 6.33 Å². The van der Waals surface area contributed by atoms with Crippen molar-refractivity contribution in [2.75, 3.05) is 7.05 Å². The van der Waals surface area contributed by atoms with Crippen LogP contribution >= 0.6 is 0 Å². The zero-order chi connectivity index (χ0) is 13.7. The Labute approximate surface area is 117 Å². The second-order valence-corrected chi connectivity index (χ2v) is 6.10. The largest absolute Gasteiger partial charge is 0.300 e. The molecule has 104 valence electrons. The monoisotopic (exact) mass is 270 g/mol. The Morgan fingerprint density at radius 2 is 2.00 bits per heavy atom. The van der Waals surface area contributed by atoms with Crippen molar-refractivity contribution in [2.24, 2.45) is 5.92 Å². The molecule has 0 N–H and O–H groups in total. The predicted molar refractivity (Wildman–Crippen MR) is 74.6 cm³/mol. The van der Waals surface area contributed by atoms with E-state index in [-0.39, 0.29) is 11.7 Å². The summed E-state index contributed by atoms with van der Waals surface area (Å²) in [5.41, 5.74) is 1.57. The lowest BCUT2D eigenvalue weighted by atomic mass is 9.85. The van der Waals surface area contributed by atoms with E-state index in [1.165, 1.54) is 12.8 Å². The number of piperidine rings is 1. The minimum Gasteiger partial charge on any atom is -0.300 e. The highest BCUT2D eigenvalue weighted by Crippen LogP contribution is 2.38. The number of hydrogen-bond donors (Lipinski definition) is 0. The number of hydrogen-bond acceptors (Lipinski definition) is 4. The van der Waals surface area contributed by atoms with Crippen LogP contribution in [0, 0.1) is 5.92 Å².